The van der Waals surface area contributed by atoms with E-state index in [9.17, 15) is 13.9 Å². The molecule has 5 nitrogen and oxygen atoms in total. The summed E-state index contributed by atoms with van der Waals surface area (Å²) in [6.07, 6.45) is 0.384. The van der Waals surface area contributed by atoms with E-state index in [4.69, 9.17) is 4.84 Å². The van der Waals surface area contributed by atoms with Gasteiger partial charge in [0, 0.05) is 6.42 Å². The Labute approximate surface area is 127 Å². The van der Waals surface area contributed by atoms with Crippen LogP contribution >= 0.6 is 0 Å². The number of fused-ring (bicyclic) bond motifs is 1. The molecule has 1 aromatic carbocycles. The fourth-order valence-corrected chi connectivity index (χ4v) is 1.98. The van der Waals surface area contributed by atoms with Crippen molar-refractivity contribution in [2.24, 2.45) is 5.16 Å². The number of hydrogen-bond donors (Lipinski definition) is 1. The van der Waals surface area contributed by atoms with Crippen LogP contribution in [0.2, 0.25) is 0 Å². The molecule has 1 aromatic heterocycles. The van der Waals surface area contributed by atoms with Gasteiger partial charge in [-0.05, 0) is 32.9 Å². The van der Waals surface area contributed by atoms with Crippen molar-refractivity contribution in [3.8, 4) is 0 Å². The summed E-state index contributed by atoms with van der Waals surface area (Å²) in [5.41, 5.74) is 0.217. The zero-order valence-electron chi connectivity index (χ0n) is 12.8. The van der Waals surface area contributed by atoms with E-state index in [1.54, 1.807) is 45.0 Å². The predicted octanol–water partition coefficient (Wildman–Crippen LogP) is 3.33. The molecule has 0 saturated carbocycles. The highest BCUT2D eigenvalue weighted by atomic mass is 19.3. The zero-order chi connectivity index (χ0) is 16.3. The first-order valence-corrected chi connectivity index (χ1v) is 6.94. The van der Waals surface area contributed by atoms with Gasteiger partial charge in [0.15, 0.2) is 5.82 Å². The van der Waals surface area contributed by atoms with Crippen LogP contribution in [0.15, 0.2) is 29.4 Å². The fraction of sp³-hybridized carbons (Fsp3) is 0.467. The third kappa shape index (κ3) is 3.79. The highest BCUT2D eigenvalue weighted by molar-refractivity contribution is 5.98. The van der Waals surface area contributed by atoms with Crippen LogP contribution in [0.25, 0.3) is 11.0 Å². The molecule has 1 N–H and O–H groups in total. The average molecular weight is 311 g/mol. The van der Waals surface area contributed by atoms with Crippen molar-refractivity contribution < 1.29 is 18.7 Å². The topological polar surface area (TPSA) is 59.6 Å². The lowest BCUT2D eigenvalue weighted by atomic mass is 10.1. The number of oxime groups is 1. The third-order valence-corrected chi connectivity index (χ3v) is 3.12. The Morgan fingerprint density at radius 2 is 2.09 bits per heavy atom. The zero-order valence-corrected chi connectivity index (χ0v) is 12.8. The van der Waals surface area contributed by atoms with Crippen molar-refractivity contribution in [1.82, 2.24) is 9.55 Å². The molecular weight excluding hydrogens is 292 g/mol. The van der Waals surface area contributed by atoms with E-state index in [1.165, 1.54) is 0 Å². The Bertz CT molecular complexity index is 675. The number of aliphatic hydroxyl groups is 1. The summed E-state index contributed by atoms with van der Waals surface area (Å²) in [7, 11) is 0. The highest BCUT2D eigenvalue weighted by Crippen LogP contribution is 2.23. The van der Waals surface area contributed by atoms with Gasteiger partial charge in [-0.2, -0.15) is 8.78 Å². The number of halogens is 2. The summed E-state index contributed by atoms with van der Waals surface area (Å²) >= 11 is 0. The Morgan fingerprint density at radius 1 is 1.41 bits per heavy atom. The largest absolute Gasteiger partial charge is 0.395 e. The minimum atomic E-state index is -2.72. The van der Waals surface area contributed by atoms with Gasteiger partial charge < -0.3 is 9.94 Å². The first-order valence-electron chi connectivity index (χ1n) is 6.94. The van der Waals surface area contributed by atoms with Crippen LogP contribution in [0, 0.1) is 0 Å². The molecule has 2 aromatic rings. The van der Waals surface area contributed by atoms with E-state index in [-0.39, 0.29) is 18.1 Å². The van der Waals surface area contributed by atoms with Gasteiger partial charge >= 0.3 is 6.55 Å². The molecule has 120 valence electrons. The second-order valence-electron chi connectivity index (χ2n) is 5.64. The van der Waals surface area contributed by atoms with Gasteiger partial charge in [-0.3, -0.25) is 4.57 Å². The fourth-order valence-electron chi connectivity index (χ4n) is 1.98. The average Bonchev–Trinajstić information content (AvgIpc) is 2.81. The Morgan fingerprint density at radius 3 is 2.73 bits per heavy atom. The Balaban J connectivity index is 2.24. The first-order chi connectivity index (χ1) is 10.3. The van der Waals surface area contributed by atoms with Gasteiger partial charge in [0.25, 0.3) is 0 Å². The monoisotopic (exact) mass is 311 g/mol. The number of para-hydroxylation sites is 2. The number of alkyl halides is 2. The minimum Gasteiger partial charge on any atom is -0.395 e. The van der Waals surface area contributed by atoms with E-state index in [0.29, 0.717) is 17.5 Å². The van der Waals surface area contributed by atoms with Crippen LogP contribution in [0.4, 0.5) is 8.78 Å². The molecule has 0 aliphatic carbocycles. The molecule has 0 bridgehead atoms. The van der Waals surface area contributed by atoms with Crippen molar-refractivity contribution in [3.05, 3.63) is 30.1 Å². The van der Waals surface area contributed by atoms with Gasteiger partial charge in [0.05, 0.1) is 16.6 Å². The van der Waals surface area contributed by atoms with E-state index >= 15 is 0 Å². The maximum absolute atomic E-state index is 13.3. The summed E-state index contributed by atoms with van der Waals surface area (Å²) in [4.78, 5) is 9.27. The summed E-state index contributed by atoms with van der Waals surface area (Å²) in [5, 5.41) is 13.4. The lowest BCUT2D eigenvalue weighted by Gasteiger charge is -2.15. The number of hydrogen-bond acceptors (Lipinski definition) is 4. The van der Waals surface area contributed by atoms with Crippen LogP contribution < -0.4 is 0 Å². The molecule has 0 aliphatic rings. The molecule has 0 atom stereocenters. The van der Waals surface area contributed by atoms with Crippen molar-refractivity contribution in [2.75, 3.05) is 6.61 Å². The normalized spacial score (nSPS) is 13.1. The van der Waals surface area contributed by atoms with E-state index in [0.717, 1.165) is 4.57 Å². The highest BCUT2D eigenvalue weighted by Gasteiger charge is 2.19. The van der Waals surface area contributed by atoms with Gasteiger partial charge in [0.2, 0.25) is 0 Å². The SMILES string of the molecule is C/C(=N/OCCC(C)(C)O)c1nc2ccccc2n1C(F)F. The molecule has 0 saturated heterocycles. The Kier molecular flexibility index (Phi) is 4.75. The standard InChI is InChI=1S/C15H19F2N3O2/c1-10(19-22-9-8-15(2,3)21)13-18-11-6-4-5-7-12(11)20(13)14(16)17/h4-7,14,21H,8-9H2,1-3H3/b19-10-. The molecule has 7 heteroatoms. The second kappa shape index (κ2) is 6.39. The molecule has 0 radical (unpaired) electrons. The van der Waals surface area contributed by atoms with Crippen LogP contribution in [-0.2, 0) is 4.84 Å². The van der Waals surface area contributed by atoms with Crippen LogP contribution in [-0.4, -0.2) is 32.6 Å². The predicted molar refractivity (Wildman–Crippen MR) is 80.1 cm³/mol. The van der Waals surface area contributed by atoms with Gasteiger partial charge in [-0.15, -0.1) is 0 Å². The van der Waals surface area contributed by atoms with Crippen molar-refractivity contribution in [3.63, 3.8) is 0 Å². The number of benzene rings is 1. The lowest BCUT2D eigenvalue weighted by molar-refractivity contribution is 0.0298. The lowest BCUT2D eigenvalue weighted by Crippen LogP contribution is -2.20. The molecule has 0 fully saturated rings. The van der Waals surface area contributed by atoms with Gasteiger partial charge in [0.1, 0.15) is 12.3 Å². The van der Waals surface area contributed by atoms with Crippen molar-refractivity contribution >= 4 is 16.7 Å². The van der Waals surface area contributed by atoms with E-state index in [2.05, 4.69) is 10.1 Å². The van der Waals surface area contributed by atoms with E-state index in [1.807, 2.05) is 0 Å². The van der Waals surface area contributed by atoms with Crippen molar-refractivity contribution in [2.45, 2.75) is 39.3 Å². The van der Waals surface area contributed by atoms with Gasteiger partial charge in [-0.25, -0.2) is 4.98 Å². The number of nitrogens with zero attached hydrogens (tertiary/aromatic N) is 3. The van der Waals surface area contributed by atoms with Crippen LogP contribution in [0.3, 0.4) is 0 Å². The first kappa shape index (κ1) is 16.4. The second-order valence-corrected chi connectivity index (χ2v) is 5.64. The molecule has 1 heterocycles. The quantitative estimate of drug-likeness (QED) is 0.506. The molecule has 22 heavy (non-hydrogen) atoms. The Hall–Kier alpha value is -2.02. The molecule has 0 aliphatic heterocycles. The summed E-state index contributed by atoms with van der Waals surface area (Å²) in [6, 6.07) is 6.67. The minimum absolute atomic E-state index is 0.0689. The maximum Gasteiger partial charge on any atom is 0.320 e. The molecule has 2 rings (SSSR count). The van der Waals surface area contributed by atoms with Gasteiger partial charge in [-0.1, -0.05) is 17.3 Å². The maximum atomic E-state index is 13.3. The van der Waals surface area contributed by atoms with Crippen LogP contribution in [0.1, 0.15) is 39.6 Å². The summed E-state index contributed by atoms with van der Waals surface area (Å²) in [6.45, 7) is 2.34. The number of aromatic nitrogens is 2. The van der Waals surface area contributed by atoms with Crippen molar-refractivity contribution in [1.29, 1.82) is 0 Å². The molecular formula is C15H19F2N3O2. The summed E-state index contributed by atoms with van der Waals surface area (Å²) < 4.78 is 27.4. The van der Waals surface area contributed by atoms with Crippen LogP contribution in [0.5, 0.6) is 0 Å². The number of rotatable bonds is 6. The number of imidazole rings is 1. The summed E-state index contributed by atoms with van der Waals surface area (Å²) in [5.74, 6) is 0.0689. The third-order valence-electron chi connectivity index (χ3n) is 3.12. The van der Waals surface area contributed by atoms with E-state index < -0.39 is 12.2 Å². The molecule has 0 amide bonds. The smallest absolute Gasteiger partial charge is 0.320 e. The molecule has 0 unspecified atom stereocenters. The molecule has 0 spiro atoms.